The Labute approximate surface area is 209 Å². The Bertz CT molecular complexity index is 826. The van der Waals surface area contributed by atoms with Crippen LogP contribution < -0.4 is 0 Å². The van der Waals surface area contributed by atoms with Gasteiger partial charge in [0.25, 0.3) is 0 Å². The molecular formula is C20H15Cl7O3. The average Bonchev–Trinajstić information content (AvgIpc) is 2.68. The molecule has 0 aliphatic carbocycles. The highest BCUT2D eigenvalue weighted by Crippen LogP contribution is 2.47. The lowest BCUT2D eigenvalue weighted by atomic mass is 10.1. The summed E-state index contributed by atoms with van der Waals surface area (Å²) in [6.45, 7) is 0. The van der Waals surface area contributed by atoms with Gasteiger partial charge in [0.2, 0.25) is 3.79 Å². The highest BCUT2D eigenvalue weighted by Gasteiger charge is 2.33. The molecule has 3 aromatic carbocycles. The minimum absolute atomic E-state index is 0.0549. The zero-order chi connectivity index (χ0) is 22.9. The Hall–Kier alpha value is -0.910. The summed E-state index contributed by atoms with van der Waals surface area (Å²) in [5.41, 5.74) is 0.291. The second-order valence-corrected chi connectivity index (χ2v) is 9.67. The van der Waals surface area contributed by atoms with Gasteiger partial charge in [0.05, 0.1) is 0 Å². The molecule has 1 atom stereocenters. The van der Waals surface area contributed by atoms with Gasteiger partial charge < -0.3 is 15.3 Å². The highest BCUT2D eigenvalue weighted by atomic mass is 35.6. The van der Waals surface area contributed by atoms with Gasteiger partial charge in [-0.05, 0) is 66.7 Å². The number of benzene rings is 3. The Balaban J connectivity index is 0.000000240. The van der Waals surface area contributed by atoms with Gasteiger partial charge in [-0.15, -0.1) is 11.6 Å². The van der Waals surface area contributed by atoms with E-state index in [0.717, 1.165) is 0 Å². The molecule has 0 aliphatic heterocycles. The molecule has 162 valence electrons. The fourth-order valence-corrected chi connectivity index (χ4v) is 2.75. The number of phenolic OH excluding ortho intramolecular Hbond substituents is 3. The van der Waals surface area contributed by atoms with Gasteiger partial charge in [-0.1, -0.05) is 69.6 Å². The first-order valence-corrected chi connectivity index (χ1v) is 10.7. The molecular weight excluding hydrogens is 536 g/mol. The molecule has 0 saturated heterocycles. The van der Waals surface area contributed by atoms with Crippen LogP contribution in [-0.2, 0) is 0 Å². The molecule has 0 fully saturated rings. The fourth-order valence-electron chi connectivity index (χ4n) is 1.79. The first-order valence-electron chi connectivity index (χ1n) is 7.98. The van der Waals surface area contributed by atoms with Crippen LogP contribution in [0.2, 0.25) is 15.1 Å². The van der Waals surface area contributed by atoms with Crippen LogP contribution in [0.25, 0.3) is 0 Å². The van der Waals surface area contributed by atoms with Crippen molar-refractivity contribution >= 4 is 81.2 Å². The van der Waals surface area contributed by atoms with Crippen molar-refractivity contribution < 1.29 is 15.3 Å². The number of aromatic hydroxyl groups is 3. The molecule has 0 heterocycles. The minimum Gasteiger partial charge on any atom is -0.508 e. The SMILES string of the molecule is Oc1ccc(Cl)cc1.Oc1ccc(Cl)cc1.Oc1ccc(Cl)cc1C(Cl)C(Cl)(Cl)Cl. The van der Waals surface area contributed by atoms with Crippen molar-refractivity contribution in [2.45, 2.75) is 9.17 Å². The first-order chi connectivity index (χ1) is 13.9. The summed E-state index contributed by atoms with van der Waals surface area (Å²) in [6.07, 6.45) is 0. The number of rotatable bonds is 1. The summed E-state index contributed by atoms with van der Waals surface area (Å²) in [5.74, 6) is 0.435. The Morgan fingerprint density at radius 2 is 0.967 bits per heavy atom. The van der Waals surface area contributed by atoms with Gasteiger partial charge in [-0.25, -0.2) is 0 Å². The van der Waals surface area contributed by atoms with Crippen molar-refractivity contribution in [1.29, 1.82) is 0 Å². The largest absolute Gasteiger partial charge is 0.508 e. The van der Waals surface area contributed by atoms with E-state index in [1.807, 2.05) is 0 Å². The normalized spacial score (nSPS) is 11.4. The summed E-state index contributed by atoms with van der Waals surface area (Å²) in [5, 5.41) is 27.6. The lowest BCUT2D eigenvalue weighted by molar-refractivity contribution is 0.467. The second kappa shape index (κ2) is 12.8. The first kappa shape index (κ1) is 27.1. The van der Waals surface area contributed by atoms with Gasteiger partial charge in [-0.3, -0.25) is 0 Å². The van der Waals surface area contributed by atoms with Crippen LogP contribution >= 0.6 is 81.2 Å². The van der Waals surface area contributed by atoms with E-state index >= 15 is 0 Å². The average molecular weight is 552 g/mol. The smallest absolute Gasteiger partial charge is 0.210 e. The predicted molar refractivity (Wildman–Crippen MR) is 128 cm³/mol. The maximum Gasteiger partial charge on any atom is 0.210 e. The molecule has 0 spiro atoms. The van der Waals surface area contributed by atoms with Crippen LogP contribution in [0.3, 0.4) is 0 Å². The molecule has 10 heteroatoms. The Kier molecular flexibility index (Phi) is 11.6. The number of alkyl halides is 4. The molecule has 3 N–H and O–H groups in total. The summed E-state index contributed by atoms with van der Waals surface area (Å²) in [6, 6.07) is 17.1. The van der Waals surface area contributed by atoms with Crippen LogP contribution in [0.4, 0.5) is 0 Å². The third kappa shape index (κ3) is 10.4. The van der Waals surface area contributed by atoms with Crippen molar-refractivity contribution in [3.05, 3.63) is 87.4 Å². The van der Waals surface area contributed by atoms with Crippen molar-refractivity contribution in [1.82, 2.24) is 0 Å². The number of phenols is 3. The van der Waals surface area contributed by atoms with Gasteiger partial charge in [0.1, 0.15) is 22.6 Å². The summed E-state index contributed by atoms with van der Waals surface area (Å²) in [7, 11) is 0. The predicted octanol–water partition coefficient (Wildman–Crippen LogP) is 8.79. The minimum atomic E-state index is -1.69. The summed E-state index contributed by atoms with van der Waals surface area (Å²) >= 11 is 39.3. The van der Waals surface area contributed by atoms with E-state index < -0.39 is 9.17 Å². The third-order valence-corrected chi connectivity index (χ3v) is 5.49. The van der Waals surface area contributed by atoms with Crippen molar-refractivity contribution in [2.24, 2.45) is 0 Å². The molecule has 3 rings (SSSR count). The Morgan fingerprint density at radius 1 is 0.600 bits per heavy atom. The topological polar surface area (TPSA) is 60.7 Å². The van der Waals surface area contributed by atoms with Gasteiger partial charge in [0, 0.05) is 20.6 Å². The maximum absolute atomic E-state index is 9.45. The number of halogens is 7. The van der Waals surface area contributed by atoms with Crippen LogP contribution in [0, 0.1) is 0 Å². The van der Waals surface area contributed by atoms with Crippen molar-refractivity contribution in [2.75, 3.05) is 0 Å². The zero-order valence-electron chi connectivity index (χ0n) is 14.9. The zero-order valence-corrected chi connectivity index (χ0v) is 20.2. The van der Waals surface area contributed by atoms with Crippen LogP contribution in [0.15, 0.2) is 66.7 Å². The monoisotopic (exact) mass is 548 g/mol. The quantitative estimate of drug-likeness (QED) is 0.265. The van der Waals surface area contributed by atoms with Gasteiger partial charge in [0.15, 0.2) is 0 Å². The standard InChI is InChI=1S/C8H5Cl5O.2C6H5ClO/c9-4-1-2-6(14)5(3-4)7(10)8(11,12)13;2*7-5-1-3-6(8)4-2-5/h1-3,7,14H;2*1-4,8H. The molecule has 0 aromatic heterocycles. The Morgan fingerprint density at radius 3 is 1.30 bits per heavy atom. The fraction of sp³-hybridized carbons (Fsp3) is 0.100. The van der Waals surface area contributed by atoms with Gasteiger partial charge in [-0.2, -0.15) is 0 Å². The van der Waals surface area contributed by atoms with E-state index in [1.54, 1.807) is 48.5 Å². The van der Waals surface area contributed by atoms with E-state index in [-0.39, 0.29) is 17.2 Å². The molecule has 3 aromatic rings. The summed E-state index contributed by atoms with van der Waals surface area (Å²) in [4.78, 5) is 0. The van der Waals surface area contributed by atoms with E-state index in [4.69, 9.17) is 91.4 Å². The molecule has 1 unspecified atom stereocenters. The lowest BCUT2D eigenvalue weighted by Crippen LogP contribution is -2.11. The molecule has 3 nitrogen and oxygen atoms in total. The molecule has 0 amide bonds. The second-order valence-electron chi connectivity index (χ2n) is 5.56. The third-order valence-electron chi connectivity index (χ3n) is 3.20. The van der Waals surface area contributed by atoms with E-state index in [9.17, 15) is 5.11 Å². The molecule has 0 saturated carbocycles. The van der Waals surface area contributed by atoms with E-state index in [1.165, 1.54) is 18.2 Å². The van der Waals surface area contributed by atoms with Crippen LogP contribution in [0.5, 0.6) is 17.2 Å². The van der Waals surface area contributed by atoms with Gasteiger partial charge >= 0.3 is 0 Å². The number of hydrogen-bond donors (Lipinski definition) is 3. The van der Waals surface area contributed by atoms with Crippen LogP contribution in [-0.4, -0.2) is 19.1 Å². The molecule has 0 bridgehead atoms. The van der Waals surface area contributed by atoms with E-state index in [0.29, 0.717) is 20.6 Å². The highest BCUT2D eigenvalue weighted by molar-refractivity contribution is 6.70. The number of hydrogen-bond acceptors (Lipinski definition) is 3. The summed E-state index contributed by atoms with van der Waals surface area (Å²) < 4.78 is -1.69. The van der Waals surface area contributed by atoms with Crippen molar-refractivity contribution in [3.8, 4) is 17.2 Å². The maximum atomic E-state index is 9.45. The van der Waals surface area contributed by atoms with E-state index in [2.05, 4.69) is 0 Å². The molecule has 0 radical (unpaired) electrons. The van der Waals surface area contributed by atoms with Crippen LogP contribution in [0.1, 0.15) is 10.9 Å². The van der Waals surface area contributed by atoms with Crippen molar-refractivity contribution in [3.63, 3.8) is 0 Å². The molecule has 30 heavy (non-hydrogen) atoms. The lowest BCUT2D eigenvalue weighted by Gasteiger charge is -2.19. The molecule has 0 aliphatic rings.